The molecule has 5 aromatic rings. The molecule has 11 heteroatoms. The zero-order valence-corrected chi connectivity index (χ0v) is 26.6. The van der Waals surface area contributed by atoms with E-state index in [1.165, 1.54) is 19.4 Å². The van der Waals surface area contributed by atoms with Crippen molar-refractivity contribution in [2.45, 2.75) is 6.92 Å². The van der Waals surface area contributed by atoms with E-state index in [0.29, 0.717) is 45.0 Å². The third-order valence-corrected chi connectivity index (χ3v) is 7.85. The number of carbonyl (C=O) groups excluding carboxylic acids is 2. The molecule has 0 atom stereocenters. The second-order valence-electron chi connectivity index (χ2n) is 9.09. The Morgan fingerprint density at radius 1 is 0.977 bits per heavy atom. The van der Waals surface area contributed by atoms with Gasteiger partial charge in [-0.2, -0.15) is 5.10 Å². The highest BCUT2D eigenvalue weighted by Gasteiger charge is 2.22. The molecule has 0 aliphatic carbocycles. The van der Waals surface area contributed by atoms with Gasteiger partial charge in [0.2, 0.25) is 0 Å². The Hall–Kier alpha value is -4.06. The number of fused-ring (bicyclic) bond motifs is 1. The molecule has 0 unspecified atom stereocenters. The van der Waals surface area contributed by atoms with Crippen LogP contribution in [0.4, 0.5) is 0 Å². The van der Waals surface area contributed by atoms with Crippen LogP contribution in [0, 0.1) is 3.57 Å². The highest BCUT2D eigenvalue weighted by molar-refractivity contribution is 14.1. The summed E-state index contributed by atoms with van der Waals surface area (Å²) in [4.78, 5) is 29.5. The van der Waals surface area contributed by atoms with E-state index >= 15 is 0 Å². The van der Waals surface area contributed by atoms with Crippen molar-refractivity contribution in [3.05, 3.63) is 109 Å². The number of benzene rings is 4. The topological polar surface area (TPSA) is 102 Å². The molecule has 0 aliphatic heterocycles. The van der Waals surface area contributed by atoms with Crippen LogP contribution < -0.4 is 19.6 Å². The minimum absolute atomic E-state index is 0.175. The quantitative estimate of drug-likeness (QED) is 0.0525. The van der Waals surface area contributed by atoms with Crippen molar-refractivity contribution in [2.75, 3.05) is 13.7 Å². The molecule has 5 rings (SSSR count). The predicted molar refractivity (Wildman–Crippen MR) is 177 cm³/mol. The lowest BCUT2D eigenvalue weighted by Gasteiger charge is -2.13. The number of hydrogen-bond donors (Lipinski definition) is 2. The highest BCUT2D eigenvalue weighted by Crippen LogP contribution is 2.38. The van der Waals surface area contributed by atoms with Gasteiger partial charge in [-0.15, -0.1) is 0 Å². The van der Waals surface area contributed by atoms with Crippen LogP contribution in [0.1, 0.15) is 33.3 Å². The highest BCUT2D eigenvalue weighted by atomic mass is 127. The maximum Gasteiger partial charge on any atom is 0.347 e. The number of hydrazone groups is 1. The second kappa shape index (κ2) is 13.5. The van der Waals surface area contributed by atoms with E-state index in [-0.39, 0.29) is 11.3 Å². The van der Waals surface area contributed by atoms with Gasteiger partial charge in [0.25, 0.3) is 5.91 Å². The summed E-state index contributed by atoms with van der Waals surface area (Å²) in [6.45, 7) is 2.14. The van der Waals surface area contributed by atoms with Gasteiger partial charge in [0, 0.05) is 30.1 Å². The van der Waals surface area contributed by atoms with Gasteiger partial charge < -0.3 is 19.2 Å². The molecule has 0 radical (unpaired) electrons. The molecule has 0 spiro atoms. The standard InChI is InChI=1S/C32H24Cl2IN3O5/c1-3-42-27-15-18(11-13-26(27)43-32(40)22-16-19(33)12-14-25(22)41-2)17-36-38-31(39)30-28(20-7-4-5-9-23(20)34)21-8-6-10-24(35)29(21)37-30/h4-17,37H,3H2,1-2H3,(H,38,39). The summed E-state index contributed by atoms with van der Waals surface area (Å²) in [7, 11) is 1.45. The van der Waals surface area contributed by atoms with E-state index in [9.17, 15) is 9.59 Å². The number of hydrogen-bond acceptors (Lipinski definition) is 6. The molecular weight excluding hydrogens is 704 g/mol. The number of rotatable bonds is 9. The average Bonchev–Trinajstić information content (AvgIpc) is 3.39. The zero-order valence-electron chi connectivity index (χ0n) is 22.9. The molecule has 2 N–H and O–H groups in total. The lowest BCUT2D eigenvalue weighted by molar-refractivity contribution is 0.0724. The SMILES string of the molecule is CCOc1cc(C=NNC(=O)c2[nH]c3c(I)cccc3c2-c2ccccc2Cl)ccc1OC(=O)c1cc(Cl)ccc1OC. The first-order valence-electron chi connectivity index (χ1n) is 13.0. The third kappa shape index (κ3) is 6.64. The largest absolute Gasteiger partial charge is 0.496 e. The summed E-state index contributed by atoms with van der Waals surface area (Å²) in [5, 5.41) is 5.93. The monoisotopic (exact) mass is 727 g/mol. The molecule has 1 heterocycles. The van der Waals surface area contributed by atoms with Crippen molar-refractivity contribution in [3.63, 3.8) is 0 Å². The van der Waals surface area contributed by atoms with Crippen molar-refractivity contribution in [1.29, 1.82) is 0 Å². The van der Waals surface area contributed by atoms with Gasteiger partial charge in [-0.3, -0.25) is 4.79 Å². The summed E-state index contributed by atoms with van der Waals surface area (Å²) >= 11 is 14.8. The number of amides is 1. The van der Waals surface area contributed by atoms with E-state index in [1.807, 2.05) is 43.3 Å². The van der Waals surface area contributed by atoms with E-state index in [1.54, 1.807) is 36.4 Å². The lowest BCUT2D eigenvalue weighted by atomic mass is 10.0. The first kappa shape index (κ1) is 30.4. The van der Waals surface area contributed by atoms with Gasteiger partial charge in [-0.1, -0.05) is 53.5 Å². The van der Waals surface area contributed by atoms with E-state index < -0.39 is 11.9 Å². The number of aromatic amines is 1. The van der Waals surface area contributed by atoms with Gasteiger partial charge in [0.15, 0.2) is 11.5 Å². The summed E-state index contributed by atoms with van der Waals surface area (Å²) in [5.74, 6) is -0.250. The maximum absolute atomic E-state index is 13.4. The Morgan fingerprint density at radius 2 is 1.77 bits per heavy atom. The molecule has 1 aromatic heterocycles. The Kier molecular flexibility index (Phi) is 9.54. The van der Waals surface area contributed by atoms with Gasteiger partial charge >= 0.3 is 5.97 Å². The van der Waals surface area contributed by atoms with Crippen LogP contribution >= 0.6 is 45.8 Å². The van der Waals surface area contributed by atoms with Gasteiger partial charge in [-0.25, -0.2) is 10.2 Å². The van der Waals surface area contributed by atoms with Crippen LogP contribution in [0.25, 0.3) is 22.0 Å². The first-order chi connectivity index (χ1) is 20.8. The second-order valence-corrected chi connectivity index (χ2v) is 11.1. The van der Waals surface area contributed by atoms with E-state index in [2.05, 4.69) is 38.1 Å². The van der Waals surface area contributed by atoms with Crippen molar-refractivity contribution in [3.8, 4) is 28.4 Å². The number of nitrogens with one attached hydrogen (secondary N) is 2. The predicted octanol–water partition coefficient (Wildman–Crippen LogP) is 8.14. The van der Waals surface area contributed by atoms with Crippen molar-refractivity contribution >= 4 is 74.8 Å². The number of halogens is 3. The average molecular weight is 728 g/mol. The van der Waals surface area contributed by atoms with E-state index in [0.717, 1.165) is 20.0 Å². The van der Waals surface area contributed by atoms with Crippen molar-refractivity contribution in [1.82, 2.24) is 10.4 Å². The molecule has 8 nitrogen and oxygen atoms in total. The number of para-hydroxylation sites is 1. The molecule has 43 heavy (non-hydrogen) atoms. The van der Waals surface area contributed by atoms with Gasteiger partial charge in [0.05, 0.1) is 25.4 Å². The van der Waals surface area contributed by atoms with Crippen molar-refractivity contribution < 1.29 is 23.8 Å². The van der Waals surface area contributed by atoms with E-state index in [4.69, 9.17) is 37.4 Å². The third-order valence-electron chi connectivity index (χ3n) is 6.38. The molecule has 0 saturated carbocycles. The van der Waals surface area contributed by atoms with Gasteiger partial charge in [-0.05, 0) is 83.6 Å². The maximum atomic E-state index is 13.4. The normalized spacial score (nSPS) is 11.1. The lowest BCUT2D eigenvalue weighted by Crippen LogP contribution is -2.19. The van der Waals surface area contributed by atoms with Crippen LogP contribution in [0.3, 0.4) is 0 Å². The Bertz CT molecular complexity index is 1870. The minimum atomic E-state index is -0.656. The number of aromatic nitrogens is 1. The molecule has 0 fully saturated rings. The fourth-order valence-electron chi connectivity index (χ4n) is 4.47. The Labute approximate surface area is 271 Å². The van der Waals surface area contributed by atoms with Crippen LogP contribution in [0.5, 0.6) is 17.2 Å². The van der Waals surface area contributed by atoms with Crippen molar-refractivity contribution in [2.24, 2.45) is 5.10 Å². The Balaban J connectivity index is 1.38. The van der Waals surface area contributed by atoms with Gasteiger partial charge in [0.1, 0.15) is 17.0 Å². The number of H-pyrrole nitrogens is 1. The fourth-order valence-corrected chi connectivity index (χ4v) is 5.50. The van der Waals surface area contributed by atoms with Crippen LogP contribution in [-0.4, -0.2) is 36.8 Å². The molecule has 0 bridgehead atoms. The number of nitrogens with zero attached hydrogens (tertiary/aromatic N) is 1. The number of esters is 1. The molecule has 0 saturated heterocycles. The van der Waals surface area contributed by atoms with Crippen LogP contribution in [0.15, 0.2) is 84.0 Å². The zero-order chi connectivity index (χ0) is 30.5. The number of methoxy groups -OCH3 is 1. The smallest absolute Gasteiger partial charge is 0.347 e. The van der Waals surface area contributed by atoms with Crippen LogP contribution in [0.2, 0.25) is 10.0 Å². The molecule has 218 valence electrons. The summed E-state index contributed by atoms with van der Waals surface area (Å²) in [6, 6.07) is 22.8. The summed E-state index contributed by atoms with van der Waals surface area (Å²) in [5.41, 5.74) is 5.95. The fraction of sp³-hybridized carbons (Fsp3) is 0.0938. The molecule has 1 amide bonds. The molecular formula is C32H24Cl2IN3O5. The first-order valence-corrected chi connectivity index (χ1v) is 14.8. The van der Waals surface area contributed by atoms with Crippen LogP contribution in [-0.2, 0) is 0 Å². The number of ether oxygens (including phenoxy) is 3. The summed E-state index contributed by atoms with van der Waals surface area (Å²) in [6.07, 6.45) is 1.47. The Morgan fingerprint density at radius 3 is 2.53 bits per heavy atom. The molecule has 0 aliphatic rings. The minimum Gasteiger partial charge on any atom is -0.496 e. The summed E-state index contributed by atoms with van der Waals surface area (Å²) < 4.78 is 17.5. The number of carbonyl (C=O) groups is 2. The molecule has 4 aromatic carbocycles.